The molecule has 3 aromatic rings. The summed E-state index contributed by atoms with van der Waals surface area (Å²) in [6.45, 7) is 0. The summed E-state index contributed by atoms with van der Waals surface area (Å²) < 4.78 is 1.70. The summed E-state index contributed by atoms with van der Waals surface area (Å²) in [7, 11) is 0. The first-order valence-electron chi connectivity index (χ1n) is 5.08. The molecule has 0 saturated carbocycles. The summed E-state index contributed by atoms with van der Waals surface area (Å²) in [6.07, 6.45) is 3.42. The predicted octanol–water partition coefficient (Wildman–Crippen LogP) is 2.68. The second kappa shape index (κ2) is 4.12. The fourth-order valence-corrected chi connectivity index (χ4v) is 2.11. The molecule has 0 bridgehead atoms. The Labute approximate surface area is 112 Å². The third kappa shape index (κ3) is 1.60. The number of rotatable bonds is 1. The SMILES string of the molecule is Nc1c(Cl)ccc(Cl)c1-c1nnc2ncccn12. The van der Waals surface area contributed by atoms with E-state index < -0.39 is 0 Å². The van der Waals surface area contributed by atoms with Gasteiger partial charge in [0.15, 0.2) is 5.82 Å². The van der Waals surface area contributed by atoms with Crippen LogP contribution in [0.2, 0.25) is 10.0 Å². The molecule has 0 aliphatic carbocycles. The van der Waals surface area contributed by atoms with Crippen LogP contribution < -0.4 is 5.73 Å². The molecule has 0 saturated heterocycles. The van der Waals surface area contributed by atoms with Crippen LogP contribution >= 0.6 is 23.2 Å². The monoisotopic (exact) mass is 279 g/mol. The fraction of sp³-hybridized carbons (Fsp3) is 0. The molecule has 2 heterocycles. The maximum Gasteiger partial charge on any atom is 0.255 e. The van der Waals surface area contributed by atoms with Crippen LogP contribution in [0.3, 0.4) is 0 Å². The minimum Gasteiger partial charge on any atom is -0.397 e. The average Bonchev–Trinajstić information content (AvgIpc) is 2.79. The zero-order valence-corrected chi connectivity index (χ0v) is 10.5. The number of aromatic nitrogens is 4. The number of halogens is 2. The fourth-order valence-electron chi connectivity index (χ4n) is 1.71. The lowest BCUT2D eigenvalue weighted by Gasteiger charge is -2.07. The van der Waals surface area contributed by atoms with Gasteiger partial charge in [-0.15, -0.1) is 10.2 Å². The number of nitrogen functional groups attached to an aromatic ring is 1. The first-order valence-corrected chi connectivity index (χ1v) is 5.83. The third-order valence-electron chi connectivity index (χ3n) is 2.55. The van der Waals surface area contributed by atoms with Gasteiger partial charge in [0, 0.05) is 12.4 Å². The van der Waals surface area contributed by atoms with Gasteiger partial charge in [-0.1, -0.05) is 23.2 Å². The van der Waals surface area contributed by atoms with Crippen molar-refractivity contribution >= 4 is 34.7 Å². The molecule has 1 aromatic carbocycles. The van der Waals surface area contributed by atoms with Gasteiger partial charge in [-0.2, -0.15) is 0 Å². The second-order valence-electron chi connectivity index (χ2n) is 3.63. The van der Waals surface area contributed by atoms with E-state index in [0.717, 1.165) is 0 Å². The highest BCUT2D eigenvalue weighted by Gasteiger charge is 2.16. The van der Waals surface area contributed by atoms with Crippen LogP contribution in [0.4, 0.5) is 5.69 Å². The van der Waals surface area contributed by atoms with Crippen molar-refractivity contribution in [2.45, 2.75) is 0 Å². The Hall–Kier alpha value is -1.85. The maximum atomic E-state index is 6.15. The van der Waals surface area contributed by atoms with Gasteiger partial charge >= 0.3 is 0 Å². The van der Waals surface area contributed by atoms with Crippen molar-refractivity contribution in [3.63, 3.8) is 0 Å². The van der Waals surface area contributed by atoms with Crippen molar-refractivity contribution in [3.05, 3.63) is 40.6 Å². The Morgan fingerprint density at radius 2 is 1.89 bits per heavy atom. The van der Waals surface area contributed by atoms with Gasteiger partial charge in [-0.05, 0) is 18.2 Å². The molecule has 3 rings (SSSR count). The van der Waals surface area contributed by atoms with Gasteiger partial charge in [0.1, 0.15) is 0 Å². The van der Waals surface area contributed by atoms with Crippen molar-refractivity contribution in [2.75, 3.05) is 5.73 Å². The molecule has 7 heteroatoms. The zero-order chi connectivity index (χ0) is 12.7. The van der Waals surface area contributed by atoms with E-state index in [0.29, 0.717) is 32.9 Å². The van der Waals surface area contributed by atoms with Gasteiger partial charge in [-0.25, -0.2) is 4.98 Å². The Balaban J connectivity index is 2.36. The van der Waals surface area contributed by atoms with E-state index in [-0.39, 0.29) is 0 Å². The van der Waals surface area contributed by atoms with E-state index in [4.69, 9.17) is 28.9 Å². The number of nitrogens with two attached hydrogens (primary N) is 1. The molecule has 90 valence electrons. The highest BCUT2D eigenvalue weighted by molar-refractivity contribution is 6.37. The number of benzene rings is 1. The van der Waals surface area contributed by atoms with Crippen LogP contribution in [-0.4, -0.2) is 19.6 Å². The van der Waals surface area contributed by atoms with Gasteiger partial charge in [0.2, 0.25) is 0 Å². The largest absolute Gasteiger partial charge is 0.397 e. The summed E-state index contributed by atoms with van der Waals surface area (Å²) in [5.74, 6) is 0.992. The van der Waals surface area contributed by atoms with Crippen molar-refractivity contribution in [2.24, 2.45) is 0 Å². The molecule has 18 heavy (non-hydrogen) atoms. The van der Waals surface area contributed by atoms with E-state index in [2.05, 4.69) is 15.2 Å². The molecular weight excluding hydrogens is 273 g/mol. The zero-order valence-electron chi connectivity index (χ0n) is 9.01. The molecular formula is C11H7Cl2N5. The second-order valence-corrected chi connectivity index (χ2v) is 4.45. The van der Waals surface area contributed by atoms with Gasteiger partial charge in [-0.3, -0.25) is 4.40 Å². The summed E-state index contributed by atoms with van der Waals surface area (Å²) in [5.41, 5.74) is 6.88. The van der Waals surface area contributed by atoms with Crippen LogP contribution in [0.15, 0.2) is 30.6 Å². The summed E-state index contributed by atoms with van der Waals surface area (Å²) in [6, 6.07) is 5.09. The van der Waals surface area contributed by atoms with E-state index in [1.807, 2.05) is 0 Å². The lowest BCUT2D eigenvalue weighted by Crippen LogP contribution is -1.97. The van der Waals surface area contributed by atoms with Crippen molar-refractivity contribution in [1.29, 1.82) is 0 Å². The number of nitrogens with zero attached hydrogens (tertiary/aromatic N) is 4. The average molecular weight is 280 g/mol. The van der Waals surface area contributed by atoms with Crippen LogP contribution in [0, 0.1) is 0 Å². The molecule has 2 aromatic heterocycles. The summed E-state index contributed by atoms with van der Waals surface area (Å²) in [4.78, 5) is 4.08. The molecule has 0 unspecified atom stereocenters. The lowest BCUT2D eigenvalue weighted by atomic mass is 10.1. The molecule has 0 atom stereocenters. The van der Waals surface area contributed by atoms with Crippen LogP contribution in [0.25, 0.3) is 17.2 Å². The molecule has 0 fully saturated rings. The summed E-state index contributed by atoms with van der Waals surface area (Å²) >= 11 is 12.2. The Bertz CT molecular complexity index is 737. The highest BCUT2D eigenvalue weighted by atomic mass is 35.5. The molecule has 0 spiro atoms. The maximum absolute atomic E-state index is 6.15. The van der Waals surface area contributed by atoms with E-state index in [1.54, 1.807) is 35.0 Å². The van der Waals surface area contributed by atoms with E-state index >= 15 is 0 Å². The normalized spacial score (nSPS) is 11.0. The Kier molecular flexibility index (Phi) is 2.57. The quantitative estimate of drug-likeness (QED) is 0.696. The molecule has 5 nitrogen and oxygen atoms in total. The van der Waals surface area contributed by atoms with Gasteiger partial charge < -0.3 is 5.73 Å². The molecule has 0 radical (unpaired) electrons. The van der Waals surface area contributed by atoms with E-state index in [1.165, 1.54) is 0 Å². The summed E-state index contributed by atoms with van der Waals surface area (Å²) in [5, 5.41) is 8.90. The van der Waals surface area contributed by atoms with Crippen molar-refractivity contribution in [3.8, 4) is 11.4 Å². The van der Waals surface area contributed by atoms with Crippen LogP contribution in [0.1, 0.15) is 0 Å². The van der Waals surface area contributed by atoms with Gasteiger partial charge in [0.25, 0.3) is 5.78 Å². The minimum atomic E-state index is 0.377. The highest BCUT2D eigenvalue weighted by Crippen LogP contribution is 2.36. The number of hydrogen-bond acceptors (Lipinski definition) is 4. The first-order chi connectivity index (χ1) is 8.68. The number of fused-ring (bicyclic) bond motifs is 1. The Morgan fingerprint density at radius 1 is 1.11 bits per heavy atom. The van der Waals surface area contributed by atoms with Gasteiger partial charge in [0.05, 0.1) is 21.3 Å². The molecule has 2 N–H and O–H groups in total. The van der Waals surface area contributed by atoms with Crippen molar-refractivity contribution < 1.29 is 0 Å². The predicted molar refractivity (Wildman–Crippen MR) is 70.7 cm³/mol. The third-order valence-corrected chi connectivity index (χ3v) is 3.20. The van der Waals surface area contributed by atoms with E-state index in [9.17, 15) is 0 Å². The van der Waals surface area contributed by atoms with Crippen LogP contribution in [0.5, 0.6) is 0 Å². The number of anilines is 1. The first kappa shape index (κ1) is 11.3. The minimum absolute atomic E-state index is 0.377. The van der Waals surface area contributed by atoms with Crippen molar-refractivity contribution in [1.82, 2.24) is 19.6 Å². The standard InChI is InChI=1S/C11H7Cl2N5/c12-6-2-3-7(13)9(14)8(6)10-16-17-11-15-4-1-5-18(10)11/h1-5H,14H2. The lowest BCUT2D eigenvalue weighted by molar-refractivity contribution is 1.10. The van der Waals surface area contributed by atoms with Crippen LogP contribution in [-0.2, 0) is 0 Å². The topological polar surface area (TPSA) is 69.1 Å². The molecule has 0 amide bonds. The smallest absolute Gasteiger partial charge is 0.255 e. The molecule has 0 aliphatic heterocycles. The number of hydrogen-bond donors (Lipinski definition) is 1. The Morgan fingerprint density at radius 3 is 2.72 bits per heavy atom. The molecule has 0 aliphatic rings.